The highest BCUT2D eigenvalue weighted by atomic mass is 79.9. The molecule has 0 radical (unpaired) electrons. The Morgan fingerprint density at radius 2 is 1.96 bits per heavy atom. The van der Waals surface area contributed by atoms with Gasteiger partial charge >= 0.3 is 5.97 Å². The number of rotatable bonds is 5. The van der Waals surface area contributed by atoms with E-state index in [0.29, 0.717) is 10.9 Å². The van der Waals surface area contributed by atoms with E-state index < -0.39 is 17.1 Å². The van der Waals surface area contributed by atoms with Crippen molar-refractivity contribution in [3.63, 3.8) is 0 Å². The van der Waals surface area contributed by atoms with Crippen molar-refractivity contribution in [3.05, 3.63) is 56.7 Å². The van der Waals surface area contributed by atoms with E-state index in [1.54, 1.807) is 37.5 Å². The third-order valence-electron chi connectivity index (χ3n) is 2.92. The summed E-state index contributed by atoms with van der Waals surface area (Å²) in [5.74, 6) is -0.242. The van der Waals surface area contributed by atoms with Gasteiger partial charge in [-0.3, -0.25) is 9.59 Å². The number of hydrogen-bond acceptors (Lipinski definition) is 5. The smallest absolute Gasteiger partial charge is 0.326 e. The van der Waals surface area contributed by atoms with Gasteiger partial charge < -0.3 is 9.30 Å². The van der Waals surface area contributed by atoms with Crippen LogP contribution >= 0.6 is 27.7 Å². The molecule has 2 rings (SSSR count). The molecule has 8 heteroatoms. The first-order chi connectivity index (χ1) is 11.6. The summed E-state index contributed by atoms with van der Waals surface area (Å²) in [5.41, 5.74) is -0.128. The maximum absolute atomic E-state index is 13.0. The molecular weight excluding hydrogens is 411 g/mol. The number of carbonyl (C=O) groups is 1. The van der Waals surface area contributed by atoms with Crippen LogP contribution in [0.1, 0.15) is 26.3 Å². The quantitative estimate of drug-likeness (QED) is 0.411. The topological polar surface area (TPSA) is 61.2 Å². The van der Waals surface area contributed by atoms with Crippen molar-refractivity contribution in [2.45, 2.75) is 43.8 Å². The monoisotopic (exact) mass is 428 g/mol. The van der Waals surface area contributed by atoms with Crippen LogP contribution in [0, 0.1) is 5.82 Å². The molecule has 0 spiro atoms. The van der Waals surface area contributed by atoms with Gasteiger partial charge in [0.05, 0.1) is 0 Å². The number of ether oxygens (including phenoxy) is 1. The molecule has 0 N–H and O–H groups in total. The fourth-order valence-corrected chi connectivity index (χ4v) is 3.18. The van der Waals surface area contributed by atoms with Crippen LogP contribution in [0.15, 0.2) is 44.9 Å². The van der Waals surface area contributed by atoms with E-state index in [-0.39, 0.29) is 16.8 Å². The number of thioether (sulfide) groups is 1. The Balaban J connectivity index is 2.18. The maximum Gasteiger partial charge on any atom is 0.326 e. The van der Waals surface area contributed by atoms with E-state index in [1.165, 1.54) is 30.1 Å². The van der Waals surface area contributed by atoms with Crippen LogP contribution in [-0.2, 0) is 21.8 Å². The van der Waals surface area contributed by atoms with Crippen LogP contribution < -0.4 is 5.56 Å². The summed E-state index contributed by atoms with van der Waals surface area (Å²) in [6.45, 7) is 5.30. The Labute approximate surface area is 157 Å². The first-order valence-corrected chi connectivity index (χ1v) is 9.28. The Bertz CT molecular complexity index is 816. The van der Waals surface area contributed by atoms with Crippen molar-refractivity contribution in [2.24, 2.45) is 0 Å². The SMILES string of the molecule is CC(C)(C)OC(=O)Cn1cc(Br)c(=O)nc1SCc1ccc(F)cc1. The number of benzene rings is 1. The van der Waals surface area contributed by atoms with Crippen LogP contribution in [0.25, 0.3) is 0 Å². The van der Waals surface area contributed by atoms with Crippen LogP contribution in [0.4, 0.5) is 4.39 Å². The minimum absolute atomic E-state index is 0.0606. The Kier molecular flexibility index (Phi) is 6.40. The summed E-state index contributed by atoms with van der Waals surface area (Å²) in [7, 11) is 0. The largest absolute Gasteiger partial charge is 0.459 e. The molecule has 134 valence electrons. The number of hydrogen-bond donors (Lipinski definition) is 0. The molecule has 0 saturated heterocycles. The van der Waals surface area contributed by atoms with Gasteiger partial charge in [0.25, 0.3) is 5.56 Å². The molecule has 0 atom stereocenters. The van der Waals surface area contributed by atoms with Crippen molar-refractivity contribution in [2.75, 3.05) is 0 Å². The van der Waals surface area contributed by atoms with Crippen LogP contribution in [0.2, 0.25) is 0 Å². The molecule has 0 amide bonds. The predicted octanol–water partition coefficient (Wildman–Crippen LogP) is 3.78. The second kappa shape index (κ2) is 8.14. The molecule has 0 bridgehead atoms. The summed E-state index contributed by atoms with van der Waals surface area (Å²) in [6, 6.07) is 6.08. The zero-order valence-electron chi connectivity index (χ0n) is 14.1. The number of aromatic nitrogens is 2. The summed E-state index contributed by atoms with van der Waals surface area (Å²) in [6.07, 6.45) is 1.52. The highest BCUT2D eigenvalue weighted by molar-refractivity contribution is 9.10. The predicted molar refractivity (Wildman–Crippen MR) is 98.0 cm³/mol. The van der Waals surface area contributed by atoms with Crippen molar-refractivity contribution in [1.82, 2.24) is 9.55 Å². The van der Waals surface area contributed by atoms with Gasteiger partial charge in [-0.15, -0.1) is 0 Å². The summed E-state index contributed by atoms with van der Waals surface area (Å²) in [4.78, 5) is 27.9. The van der Waals surface area contributed by atoms with E-state index in [9.17, 15) is 14.0 Å². The molecule has 0 fully saturated rings. The maximum atomic E-state index is 13.0. The molecule has 0 aliphatic rings. The average Bonchev–Trinajstić information content (AvgIpc) is 2.49. The van der Waals surface area contributed by atoms with Gasteiger partial charge in [0.2, 0.25) is 0 Å². The van der Waals surface area contributed by atoms with E-state index in [1.807, 2.05) is 0 Å². The molecule has 0 aliphatic heterocycles. The molecule has 5 nitrogen and oxygen atoms in total. The first-order valence-electron chi connectivity index (χ1n) is 7.50. The van der Waals surface area contributed by atoms with Gasteiger partial charge in [0, 0.05) is 11.9 Å². The number of nitrogens with zero attached hydrogens (tertiary/aromatic N) is 2. The molecular formula is C17H18BrFN2O3S. The molecule has 2 aromatic rings. The Morgan fingerprint density at radius 1 is 1.32 bits per heavy atom. The minimum atomic E-state index is -0.595. The lowest BCUT2D eigenvalue weighted by molar-refractivity contribution is -0.155. The normalized spacial score (nSPS) is 11.4. The summed E-state index contributed by atoms with van der Waals surface area (Å²) in [5, 5.41) is 0.392. The third kappa shape index (κ3) is 6.28. The molecule has 1 heterocycles. The average molecular weight is 429 g/mol. The second-order valence-electron chi connectivity index (χ2n) is 6.31. The second-order valence-corrected chi connectivity index (χ2v) is 8.10. The van der Waals surface area contributed by atoms with Crippen molar-refractivity contribution in [1.29, 1.82) is 0 Å². The van der Waals surface area contributed by atoms with Gasteiger partial charge in [0.1, 0.15) is 22.4 Å². The molecule has 0 saturated carbocycles. The first kappa shape index (κ1) is 19.7. The number of halogens is 2. The van der Waals surface area contributed by atoms with Crippen LogP contribution in [-0.4, -0.2) is 21.1 Å². The molecule has 0 aliphatic carbocycles. The molecule has 1 aromatic carbocycles. The van der Waals surface area contributed by atoms with Gasteiger partial charge in [-0.1, -0.05) is 23.9 Å². The van der Waals surface area contributed by atoms with E-state index in [2.05, 4.69) is 20.9 Å². The third-order valence-corrected chi connectivity index (χ3v) is 4.52. The lowest BCUT2D eigenvalue weighted by Crippen LogP contribution is -2.28. The Hall–Kier alpha value is -1.67. The van der Waals surface area contributed by atoms with Crippen molar-refractivity contribution in [3.8, 4) is 0 Å². The zero-order valence-corrected chi connectivity index (χ0v) is 16.5. The Morgan fingerprint density at radius 3 is 2.56 bits per heavy atom. The zero-order chi connectivity index (χ0) is 18.6. The van der Waals surface area contributed by atoms with Crippen LogP contribution in [0.3, 0.4) is 0 Å². The van der Waals surface area contributed by atoms with E-state index in [4.69, 9.17) is 4.74 Å². The summed E-state index contributed by atoms with van der Waals surface area (Å²) < 4.78 is 20.1. The van der Waals surface area contributed by atoms with Gasteiger partial charge in [-0.05, 0) is 54.4 Å². The van der Waals surface area contributed by atoms with Gasteiger partial charge in [0.15, 0.2) is 5.16 Å². The number of esters is 1. The van der Waals surface area contributed by atoms with Gasteiger partial charge in [-0.2, -0.15) is 4.98 Å². The fraction of sp³-hybridized carbons (Fsp3) is 0.353. The number of carbonyl (C=O) groups excluding carboxylic acids is 1. The summed E-state index contributed by atoms with van der Waals surface area (Å²) >= 11 is 4.43. The van der Waals surface area contributed by atoms with Crippen LogP contribution in [0.5, 0.6) is 0 Å². The van der Waals surface area contributed by atoms with Crippen molar-refractivity contribution < 1.29 is 13.9 Å². The fourth-order valence-electron chi connectivity index (χ4n) is 1.92. The standard InChI is InChI=1S/C17H18BrFN2O3S/c1-17(2,3)24-14(22)9-21-8-13(18)15(23)20-16(21)25-10-11-4-6-12(19)7-5-11/h4-8H,9-10H2,1-3H3. The molecule has 25 heavy (non-hydrogen) atoms. The highest BCUT2D eigenvalue weighted by Gasteiger charge is 2.18. The van der Waals surface area contributed by atoms with E-state index in [0.717, 1.165) is 5.56 Å². The minimum Gasteiger partial charge on any atom is -0.459 e. The van der Waals surface area contributed by atoms with Crippen molar-refractivity contribution >= 4 is 33.7 Å². The lowest BCUT2D eigenvalue weighted by Gasteiger charge is -2.20. The molecule has 1 aromatic heterocycles. The van der Waals surface area contributed by atoms with Gasteiger partial charge in [-0.25, -0.2) is 4.39 Å². The lowest BCUT2D eigenvalue weighted by atomic mass is 10.2. The highest BCUT2D eigenvalue weighted by Crippen LogP contribution is 2.22. The van der Waals surface area contributed by atoms with E-state index >= 15 is 0 Å². The molecule has 0 unspecified atom stereocenters.